The normalized spacial score (nSPS) is 14.3. The van der Waals surface area contributed by atoms with E-state index in [1.165, 1.54) is 12.1 Å². The largest absolute Gasteiger partial charge is 0.508 e. The number of rotatable bonds is 5. The minimum atomic E-state index is -0.511. The van der Waals surface area contributed by atoms with Crippen molar-refractivity contribution in [2.75, 3.05) is 13.1 Å². The Morgan fingerprint density at radius 3 is 2.64 bits per heavy atom. The topological polar surface area (TPSA) is 125 Å². The van der Waals surface area contributed by atoms with Crippen molar-refractivity contribution in [3.63, 3.8) is 0 Å². The van der Waals surface area contributed by atoms with E-state index in [1.54, 1.807) is 30.9 Å². The van der Waals surface area contributed by atoms with E-state index >= 15 is 0 Å². The Hall–Kier alpha value is -4.83. The van der Waals surface area contributed by atoms with E-state index in [-0.39, 0.29) is 11.9 Å². The van der Waals surface area contributed by atoms with Crippen LogP contribution in [-0.4, -0.2) is 54.4 Å². The average Bonchev–Trinajstić information content (AvgIpc) is 3.57. The molecule has 6 heterocycles. The zero-order valence-electron chi connectivity index (χ0n) is 20.8. The van der Waals surface area contributed by atoms with Crippen LogP contribution in [0.4, 0.5) is 4.39 Å². The molecule has 0 spiro atoms. The summed E-state index contributed by atoms with van der Waals surface area (Å²) in [6, 6.07) is 11.8. The number of hydrogen-bond acceptors (Lipinski definition) is 7. The molecule has 0 atom stereocenters. The van der Waals surface area contributed by atoms with Crippen LogP contribution in [0, 0.1) is 5.82 Å². The van der Waals surface area contributed by atoms with Crippen LogP contribution in [0.5, 0.6) is 11.5 Å². The molecular weight excluding hydrogens is 497 g/mol. The van der Waals surface area contributed by atoms with Gasteiger partial charge in [-0.3, -0.25) is 10.1 Å². The molecule has 1 aliphatic heterocycles. The number of ether oxygens (including phenoxy) is 1. The molecule has 0 amide bonds. The maximum Gasteiger partial charge on any atom is 0.181 e. The van der Waals surface area contributed by atoms with E-state index in [4.69, 9.17) is 4.74 Å². The summed E-state index contributed by atoms with van der Waals surface area (Å²) in [7, 11) is 0. The number of aromatic hydroxyl groups is 1. The molecular formula is C29H24FN7O2. The van der Waals surface area contributed by atoms with E-state index < -0.39 is 5.82 Å². The molecule has 5 aromatic heterocycles. The smallest absolute Gasteiger partial charge is 0.181 e. The number of fused-ring (bicyclic) bond motifs is 2. The number of nitrogens with one attached hydrogen (secondary N) is 3. The number of pyridine rings is 3. The molecule has 1 fully saturated rings. The molecule has 10 heteroatoms. The average molecular weight is 522 g/mol. The monoisotopic (exact) mass is 521 g/mol. The van der Waals surface area contributed by atoms with Gasteiger partial charge in [-0.15, -0.1) is 0 Å². The minimum Gasteiger partial charge on any atom is -0.508 e. The second-order valence-electron chi connectivity index (χ2n) is 9.67. The lowest BCUT2D eigenvalue weighted by Gasteiger charge is -2.23. The van der Waals surface area contributed by atoms with Gasteiger partial charge in [0, 0.05) is 46.6 Å². The Kier molecular flexibility index (Phi) is 5.66. The fourth-order valence-corrected chi connectivity index (χ4v) is 5.15. The molecule has 0 saturated carbocycles. The van der Waals surface area contributed by atoms with Crippen LogP contribution in [-0.2, 0) is 0 Å². The summed E-state index contributed by atoms with van der Waals surface area (Å²) >= 11 is 0. The number of aromatic nitrogens is 6. The third kappa shape index (κ3) is 4.44. The first-order chi connectivity index (χ1) is 19.1. The minimum absolute atomic E-state index is 0.136. The third-order valence-electron chi connectivity index (χ3n) is 7.04. The van der Waals surface area contributed by atoms with E-state index in [9.17, 15) is 9.50 Å². The molecule has 4 N–H and O–H groups in total. The van der Waals surface area contributed by atoms with Gasteiger partial charge in [-0.1, -0.05) is 0 Å². The summed E-state index contributed by atoms with van der Waals surface area (Å²) in [5.74, 6) is 0.0942. The Labute approximate surface area is 222 Å². The molecule has 0 unspecified atom stereocenters. The maximum atomic E-state index is 14.0. The van der Waals surface area contributed by atoms with Crippen molar-refractivity contribution in [3.8, 4) is 45.1 Å². The summed E-state index contributed by atoms with van der Waals surface area (Å²) in [6.45, 7) is 1.91. The van der Waals surface area contributed by atoms with Crippen molar-refractivity contribution in [2.24, 2.45) is 0 Å². The van der Waals surface area contributed by atoms with Crippen LogP contribution in [0.25, 0.3) is 55.7 Å². The number of aromatic amines is 2. The van der Waals surface area contributed by atoms with Crippen LogP contribution in [0.15, 0.2) is 67.3 Å². The van der Waals surface area contributed by atoms with Gasteiger partial charge in [0.2, 0.25) is 0 Å². The number of phenols is 1. The fraction of sp³-hybridized carbons (Fsp3) is 0.172. The van der Waals surface area contributed by atoms with E-state index in [0.29, 0.717) is 16.9 Å². The second-order valence-corrected chi connectivity index (χ2v) is 9.67. The highest BCUT2D eigenvalue weighted by molar-refractivity contribution is 5.99. The summed E-state index contributed by atoms with van der Waals surface area (Å²) in [5.41, 5.74) is 5.80. The summed E-state index contributed by atoms with van der Waals surface area (Å²) < 4.78 is 20.2. The molecule has 9 nitrogen and oxygen atoms in total. The van der Waals surface area contributed by atoms with Gasteiger partial charge < -0.3 is 20.1 Å². The van der Waals surface area contributed by atoms with Crippen molar-refractivity contribution >= 4 is 22.1 Å². The molecule has 1 aliphatic rings. The summed E-state index contributed by atoms with van der Waals surface area (Å²) in [4.78, 5) is 16.8. The SMILES string of the molecule is Oc1cc(F)cc(-c2ccnc3[nH]c(-c4[nH]nc5ncc(-c6cncc(OC7CCNCC7)c6)cc45)cc23)c1. The predicted molar refractivity (Wildman–Crippen MR) is 146 cm³/mol. The van der Waals surface area contributed by atoms with Crippen molar-refractivity contribution in [1.82, 2.24) is 35.5 Å². The van der Waals surface area contributed by atoms with Gasteiger partial charge in [0.05, 0.1) is 17.6 Å². The first kappa shape index (κ1) is 23.3. The molecule has 0 aliphatic carbocycles. The second kappa shape index (κ2) is 9.48. The number of H-pyrrole nitrogens is 2. The van der Waals surface area contributed by atoms with Crippen molar-refractivity contribution in [1.29, 1.82) is 0 Å². The number of halogens is 1. The van der Waals surface area contributed by atoms with E-state index in [2.05, 4.69) is 35.5 Å². The van der Waals surface area contributed by atoms with Crippen LogP contribution in [0.2, 0.25) is 0 Å². The van der Waals surface area contributed by atoms with E-state index in [1.807, 2.05) is 18.2 Å². The summed E-state index contributed by atoms with van der Waals surface area (Å²) in [5, 5.41) is 22.4. The lowest BCUT2D eigenvalue weighted by Crippen LogP contribution is -2.34. The maximum absolute atomic E-state index is 14.0. The lowest BCUT2D eigenvalue weighted by molar-refractivity contribution is 0.162. The Bertz CT molecular complexity index is 1800. The number of hydrogen-bond donors (Lipinski definition) is 4. The number of benzene rings is 1. The molecule has 1 saturated heterocycles. The predicted octanol–water partition coefficient (Wildman–Crippen LogP) is 5.21. The molecule has 6 aromatic rings. The quantitative estimate of drug-likeness (QED) is 0.246. The van der Waals surface area contributed by atoms with Crippen LogP contribution in [0.1, 0.15) is 12.8 Å². The first-order valence-electron chi connectivity index (χ1n) is 12.8. The van der Waals surface area contributed by atoms with Crippen LogP contribution >= 0.6 is 0 Å². The Balaban J connectivity index is 1.26. The van der Waals surface area contributed by atoms with Crippen molar-refractivity contribution in [2.45, 2.75) is 18.9 Å². The van der Waals surface area contributed by atoms with Crippen LogP contribution < -0.4 is 10.1 Å². The van der Waals surface area contributed by atoms with Gasteiger partial charge in [-0.05, 0) is 73.5 Å². The Morgan fingerprint density at radius 1 is 0.897 bits per heavy atom. The lowest BCUT2D eigenvalue weighted by atomic mass is 10.0. The van der Waals surface area contributed by atoms with Gasteiger partial charge in [0.25, 0.3) is 0 Å². The van der Waals surface area contributed by atoms with Gasteiger partial charge in [0.15, 0.2) is 5.65 Å². The standard InChI is InChI=1S/C29H24FN7O2/c30-19-7-16(8-20(38)11-19)23-3-6-33-28-24(23)12-26(35-28)27-25-10-18(14-34-29(25)37-36-27)17-9-22(15-32-13-17)39-21-1-4-31-5-2-21/h3,6-15,21,31,38H,1-2,4-5H2,(H,33,35)(H,34,36,37). The number of piperidine rings is 1. The number of phenolic OH excluding ortho intramolecular Hbond substituents is 1. The van der Waals surface area contributed by atoms with Crippen LogP contribution in [0.3, 0.4) is 0 Å². The fourth-order valence-electron chi connectivity index (χ4n) is 5.15. The third-order valence-corrected chi connectivity index (χ3v) is 7.04. The number of nitrogens with zero attached hydrogens (tertiary/aromatic N) is 4. The molecule has 1 aromatic carbocycles. The molecule has 194 valence electrons. The van der Waals surface area contributed by atoms with Gasteiger partial charge in [-0.25, -0.2) is 14.4 Å². The van der Waals surface area contributed by atoms with Crippen molar-refractivity contribution < 1.29 is 14.2 Å². The zero-order chi connectivity index (χ0) is 26.3. The van der Waals surface area contributed by atoms with Gasteiger partial charge >= 0.3 is 0 Å². The van der Waals surface area contributed by atoms with Gasteiger partial charge in [0.1, 0.15) is 29.1 Å². The van der Waals surface area contributed by atoms with Crippen molar-refractivity contribution in [3.05, 3.63) is 73.1 Å². The van der Waals surface area contributed by atoms with E-state index in [0.717, 1.165) is 76.6 Å². The highest BCUT2D eigenvalue weighted by Gasteiger charge is 2.17. The molecule has 39 heavy (non-hydrogen) atoms. The Morgan fingerprint density at radius 2 is 1.77 bits per heavy atom. The van der Waals surface area contributed by atoms with Gasteiger partial charge in [-0.2, -0.15) is 5.10 Å². The zero-order valence-corrected chi connectivity index (χ0v) is 20.8. The molecule has 0 bridgehead atoms. The highest BCUT2D eigenvalue weighted by Crippen LogP contribution is 2.35. The molecule has 0 radical (unpaired) electrons. The highest BCUT2D eigenvalue weighted by atomic mass is 19.1. The summed E-state index contributed by atoms with van der Waals surface area (Å²) in [6.07, 6.45) is 9.09. The first-order valence-corrected chi connectivity index (χ1v) is 12.8. The molecule has 7 rings (SSSR count).